The molecule has 0 aliphatic carbocycles. The van der Waals surface area contributed by atoms with E-state index < -0.39 is 0 Å². The van der Waals surface area contributed by atoms with E-state index in [9.17, 15) is 4.79 Å². The quantitative estimate of drug-likeness (QED) is 0.653. The van der Waals surface area contributed by atoms with Crippen LogP contribution in [-0.4, -0.2) is 17.4 Å². The molecule has 0 heterocycles. The Morgan fingerprint density at radius 1 is 1.50 bits per heavy atom. The third-order valence-corrected chi connectivity index (χ3v) is 3.45. The summed E-state index contributed by atoms with van der Waals surface area (Å²) in [5.74, 6) is 1.02. The van der Waals surface area contributed by atoms with Gasteiger partial charge in [-0.25, -0.2) is 0 Å². The van der Waals surface area contributed by atoms with Gasteiger partial charge in [0.25, 0.3) is 0 Å². The Balaban J connectivity index is 2.56. The summed E-state index contributed by atoms with van der Waals surface area (Å²) in [6.07, 6.45) is 1.75. The normalized spacial score (nSPS) is 9.88. The van der Waals surface area contributed by atoms with Gasteiger partial charge in [-0.2, -0.15) is 0 Å². The fraction of sp³-hybridized carbons (Fsp3) is 0.182. The number of anilines is 1. The molecule has 1 rings (SSSR count). The number of carbonyl (C=O) groups excluding carboxylic acids is 1. The Morgan fingerprint density at radius 2 is 2.25 bits per heavy atom. The van der Waals surface area contributed by atoms with E-state index in [1.54, 1.807) is 24.3 Å². The fourth-order valence-electron chi connectivity index (χ4n) is 1.02. The van der Waals surface area contributed by atoms with Crippen LogP contribution in [0.25, 0.3) is 0 Å². The molecule has 86 valence electrons. The Kier molecular flexibility index (Phi) is 5.74. The number of hydrogen-bond acceptors (Lipinski definition) is 2. The zero-order valence-electron chi connectivity index (χ0n) is 8.50. The topological polar surface area (TPSA) is 29.1 Å². The first-order valence-corrected chi connectivity index (χ1v) is 6.48. The van der Waals surface area contributed by atoms with Crippen LogP contribution in [0.1, 0.15) is 0 Å². The monoisotopic (exact) mass is 275 g/mol. The second-order valence-electron chi connectivity index (χ2n) is 2.95. The molecule has 0 fully saturated rings. The average molecular weight is 276 g/mol. The lowest BCUT2D eigenvalue weighted by molar-refractivity contribution is -0.113. The predicted octanol–water partition coefficient (Wildman–Crippen LogP) is 3.85. The first-order valence-electron chi connectivity index (χ1n) is 4.57. The third-order valence-electron chi connectivity index (χ3n) is 1.69. The molecule has 0 radical (unpaired) electrons. The van der Waals surface area contributed by atoms with Crippen LogP contribution in [0, 0.1) is 0 Å². The highest BCUT2D eigenvalue weighted by molar-refractivity contribution is 8.00. The number of hydrogen-bond donors (Lipinski definition) is 1. The van der Waals surface area contributed by atoms with Gasteiger partial charge in [-0.1, -0.05) is 35.3 Å². The number of benzene rings is 1. The van der Waals surface area contributed by atoms with Gasteiger partial charge in [0.05, 0.1) is 21.5 Å². The lowest BCUT2D eigenvalue weighted by atomic mass is 10.3. The molecule has 0 spiro atoms. The molecule has 0 aliphatic rings. The number of thioether (sulfide) groups is 1. The number of nitrogens with one attached hydrogen (secondary N) is 1. The second kappa shape index (κ2) is 6.84. The van der Waals surface area contributed by atoms with Gasteiger partial charge in [0.15, 0.2) is 0 Å². The van der Waals surface area contributed by atoms with Gasteiger partial charge in [0.1, 0.15) is 0 Å². The van der Waals surface area contributed by atoms with E-state index in [4.69, 9.17) is 23.2 Å². The van der Waals surface area contributed by atoms with Gasteiger partial charge >= 0.3 is 0 Å². The zero-order valence-corrected chi connectivity index (χ0v) is 10.8. The van der Waals surface area contributed by atoms with Crippen LogP contribution in [-0.2, 0) is 4.79 Å². The molecule has 1 N–H and O–H groups in total. The van der Waals surface area contributed by atoms with Crippen molar-refractivity contribution in [2.45, 2.75) is 0 Å². The average Bonchev–Trinajstić information content (AvgIpc) is 2.25. The maximum atomic E-state index is 11.5. The smallest absolute Gasteiger partial charge is 0.234 e. The molecule has 1 aromatic carbocycles. The molecule has 0 aliphatic heterocycles. The maximum Gasteiger partial charge on any atom is 0.234 e. The molecule has 1 aromatic rings. The van der Waals surface area contributed by atoms with Gasteiger partial charge in [-0.3, -0.25) is 4.79 Å². The highest BCUT2D eigenvalue weighted by Gasteiger charge is 2.07. The highest BCUT2D eigenvalue weighted by Crippen LogP contribution is 2.29. The molecular weight excluding hydrogens is 265 g/mol. The van der Waals surface area contributed by atoms with E-state index in [0.717, 1.165) is 5.75 Å². The molecular formula is C11H11Cl2NOS. The summed E-state index contributed by atoms with van der Waals surface area (Å²) in [5.41, 5.74) is 0.540. The van der Waals surface area contributed by atoms with E-state index in [0.29, 0.717) is 21.5 Å². The van der Waals surface area contributed by atoms with Crippen LogP contribution < -0.4 is 5.32 Å². The summed E-state index contributed by atoms with van der Waals surface area (Å²) in [4.78, 5) is 11.5. The van der Waals surface area contributed by atoms with Crippen molar-refractivity contribution in [3.05, 3.63) is 40.9 Å². The number of carbonyl (C=O) groups is 1. The highest BCUT2D eigenvalue weighted by atomic mass is 35.5. The van der Waals surface area contributed by atoms with Crippen molar-refractivity contribution in [1.82, 2.24) is 0 Å². The number of amides is 1. The second-order valence-corrected chi connectivity index (χ2v) is 4.77. The Labute approximate surface area is 109 Å². The summed E-state index contributed by atoms with van der Waals surface area (Å²) >= 11 is 13.2. The molecule has 0 atom stereocenters. The third kappa shape index (κ3) is 4.08. The van der Waals surface area contributed by atoms with Crippen LogP contribution in [0.4, 0.5) is 5.69 Å². The lowest BCUT2D eigenvalue weighted by Gasteiger charge is -2.07. The lowest BCUT2D eigenvalue weighted by Crippen LogP contribution is -2.14. The van der Waals surface area contributed by atoms with Crippen LogP contribution >= 0.6 is 35.0 Å². The summed E-state index contributed by atoms with van der Waals surface area (Å²) in [7, 11) is 0. The minimum absolute atomic E-state index is 0.101. The molecule has 2 nitrogen and oxygen atoms in total. The summed E-state index contributed by atoms with van der Waals surface area (Å²) in [6, 6.07) is 5.12. The number of rotatable bonds is 5. The standard InChI is InChI=1S/C11H11Cl2NOS/c1-2-6-16-7-10(15)14-9-5-3-4-8(12)11(9)13/h2-5H,1,6-7H2,(H,14,15). The molecule has 0 saturated carbocycles. The zero-order chi connectivity index (χ0) is 12.0. The van der Waals surface area contributed by atoms with Gasteiger partial charge in [-0.15, -0.1) is 18.3 Å². The van der Waals surface area contributed by atoms with E-state index in [1.165, 1.54) is 11.8 Å². The van der Waals surface area contributed by atoms with E-state index in [-0.39, 0.29) is 5.91 Å². The fourth-order valence-corrected chi connectivity index (χ4v) is 1.91. The van der Waals surface area contributed by atoms with Crippen molar-refractivity contribution in [3.63, 3.8) is 0 Å². The summed E-state index contributed by atoms with van der Waals surface area (Å²) < 4.78 is 0. The Hall–Kier alpha value is -0.640. The summed E-state index contributed by atoms with van der Waals surface area (Å²) in [6.45, 7) is 3.58. The van der Waals surface area contributed by atoms with Crippen LogP contribution in [0.15, 0.2) is 30.9 Å². The first-order chi connectivity index (χ1) is 7.65. The van der Waals surface area contributed by atoms with Crippen molar-refractivity contribution in [1.29, 1.82) is 0 Å². The molecule has 5 heteroatoms. The molecule has 0 aromatic heterocycles. The van der Waals surface area contributed by atoms with Crippen molar-refractivity contribution in [2.75, 3.05) is 16.8 Å². The number of halogens is 2. The summed E-state index contributed by atoms with van der Waals surface area (Å²) in [5, 5.41) is 3.50. The van der Waals surface area contributed by atoms with Crippen LogP contribution in [0.2, 0.25) is 10.0 Å². The SMILES string of the molecule is C=CCSCC(=O)Nc1cccc(Cl)c1Cl. The van der Waals surface area contributed by atoms with Gasteiger partial charge in [0.2, 0.25) is 5.91 Å². The van der Waals surface area contributed by atoms with Crippen molar-refractivity contribution in [2.24, 2.45) is 0 Å². The molecule has 0 bridgehead atoms. The predicted molar refractivity (Wildman–Crippen MR) is 72.6 cm³/mol. The van der Waals surface area contributed by atoms with Crippen molar-refractivity contribution < 1.29 is 4.79 Å². The van der Waals surface area contributed by atoms with E-state index in [1.807, 2.05) is 0 Å². The largest absolute Gasteiger partial charge is 0.324 e. The molecule has 16 heavy (non-hydrogen) atoms. The van der Waals surface area contributed by atoms with Gasteiger partial charge in [-0.05, 0) is 12.1 Å². The van der Waals surface area contributed by atoms with Gasteiger partial charge < -0.3 is 5.32 Å². The van der Waals surface area contributed by atoms with E-state index >= 15 is 0 Å². The van der Waals surface area contributed by atoms with Crippen LogP contribution in [0.5, 0.6) is 0 Å². The molecule has 1 amide bonds. The van der Waals surface area contributed by atoms with Crippen molar-refractivity contribution in [3.8, 4) is 0 Å². The van der Waals surface area contributed by atoms with E-state index in [2.05, 4.69) is 11.9 Å². The van der Waals surface area contributed by atoms with Crippen LogP contribution in [0.3, 0.4) is 0 Å². The Morgan fingerprint density at radius 3 is 2.94 bits per heavy atom. The molecule has 0 unspecified atom stereocenters. The van der Waals surface area contributed by atoms with Crippen molar-refractivity contribution >= 4 is 46.6 Å². The minimum atomic E-state index is -0.101. The maximum absolute atomic E-state index is 11.5. The first kappa shape index (κ1) is 13.4. The minimum Gasteiger partial charge on any atom is -0.324 e. The van der Waals surface area contributed by atoms with Gasteiger partial charge in [0, 0.05) is 5.75 Å². The Bertz CT molecular complexity index is 396. The molecule has 0 saturated heterocycles.